The summed E-state index contributed by atoms with van der Waals surface area (Å²) in [5, 5.41) is 19.6. The van der Waals surface area contributed by atoms with Crippen molar-refractivity contribution in [2.75, 3.05) is 19.6 Å². The molecule has 0 aromatic carbocycles. The average molecular weight is 354 g/mol. The predicted molar refractivity (Wildman–Crippen MR) is 99.0 cm³/mol. The molecule has 3 aromatic heterocycles. The normalized spacial score (nSPS) is 26.0. The molecule has 3 aromatic rings. The van der Waals surface area contributed by atoms with E-state index in [9.17, 15) is 5.11 Å². The van der Waals surface area contributed by atoms with Crippen molar-refractivity contribution in [3.8, 4) is 0 Å². The summed E-state index contributed by atoms with van der Waals surface area (Å²) in [5.41, 5.74) is 3.16. The van der Waals surface area contributed by atoms with Gasteiger partial charge in [0.15, 0.2) is 0 Å². The molecule has 2 fully saturated rings. The molecule has 0 amide bonds. The topological polar surface area (TPSA) is 82.3 Å². The maximum Gasteiger partial charge on any atom is 0.141 e. The van der Waals surface area contributed by atoms with E-state index in [1.807, 2.05) is 10.7 Å². The van der Waals surface area contributed by atoms with Crippen molar-refractivity contribution in [2.45, 2.75) is 50.5 Å². The standard InChI is InChI=1S/C19H26N6O/c26-15-6-9-24(10-7-15)11-13-1-3-14(4-2-13)17-18-16-5-8-20-19(16)21-12-25(18)23-22-17/h5,8,12-15,20,26H,1-4,6-7,9-11H2. The van der Waals surface area contributed by atoms with Gasteiger partial charge in [-0.05, 0) is 50.5 Å². The highest BCUT2D eigenvalue weighted by Crippen LogP contribution is 2.38. The van der Waals surface area contributed by atoms with E-state index < -0.39 is 0 Å². The Morgan fingerprint density at radius 2 is 1.92 bits per heavy atom. The van der Waals surface area contributed by atoms with Crippen molar-refractivity contribution in [1.29, 1.82) is 0 Å². The van der Waals surface area contributed by atoms with Crippen LogP contribution in [0.4, 0.5) is 0 Å². The minimum atomic E-state index is -0.0801. The summed E-state index contributed by atoms with van der Waals surface area (Å²) in [7, 11) is 0. The number of likely N-dealkylation sites (tertiary alicyclic amines) is 1. The molecule has 0 unspecified atom stereocenters. The Morgan fingerprint density at radius 1 is 1.12 bits per heavy atom. The number of aliphatic hydroxyl groups excluding tert-OH is 1. The third-order valence-corrected chi connectivity index (χ3v) is 6.30. The van der Waals surface area contributed by atoms with E-state index in [0.717, 1.165) is 54.1 Å². The first kappa shape index (κ1) is 16.2. The third kappa shape index (κ3) is 2.89. The maximum atomic E-state index is 9.67. The van der Waals surface area contributed by atoms with Gasteiger partial charge in [0.2, 0.25) is 0 Å². The Bertz CT molecular complexity index is 886. The number of nitrogens with one attached hydrogen (secondary N) is 1. The van der Waals surface area contributed by atoms with E-state index in [-0.39, 0.29) is 6.10 Å². The fourth-order valence-electron chi connectivity index (χ4n) is 4.78. The van der Waals surface area contributed by atoms with Crippen molar-refractivity contribution in [3.05, 3.63) is 24.3 Å². The van der Waals surface area contributed by atoms with Crippen LogP contribution in [-0.4, -0.2) is 60.5 Å². The zero-order valence-electron chi connectivity index (χ0n) is 15.0. The first-order valence-corrected chi connectivity index (χ1v) is 9.85. The molecule has 2 aliphatic rings. The van der Waals surface area contributed by atoms with Crippen LogP contribution in [0.2, 0.25) is 0 Å². The number of rotatable bonds is 3. The molecule has 0 bridgehead atoms. The summed E-state index contributed by atoms with van der Waals surface area (Å²) >= 11 is 0. The Morgan fingerprint density at radius 3 is 2.73 bits per heavy atom. The highest BCUT2D eigenvalue weighted by molar-refractivity contribution is 5.92. The second kappa shape index (κ2) is 6.63. The molecule has 1 aliphatic carbocycles. The highest BCUT2D eigenvalue weighted by Gasteiger charge is 2.28. The van der Waals surface area contributed by atoms with Gasteiger partial charge in [0.1, 0.15) is 17.5 Å². The van der Waals surface area contributed by atoms with Gasteiger partial charge in [0, 0.05) is 37.1 Å². The first-order chi connectivity index (χ1) is 12.8. The van der Waals surface area contributed by atoms with Crippen LogP contribution < -0.4 is 0 Å². The van der Waals surface area contributed by atoms with Crippen LogP contribution in [0.5, 0.6) is 0 Å². The van der Waals surface area contributed by atoms with E-state index in [2.05, 4.69) is 31.2 Å². The number of fused-ring (bicyclic) bond motifs is 3. The lowest BCUT2D eigenvalue weighted by Gasteiger charge is -2.35. The van der Waals surface area contributed by atoms with Gasteiger partial charge >= 0.3 is 0 Å². The SMILES string of the molecule is OC1CCN(CC2CCC(c3nnn4cnc5[nH]ccc5c34)CC2)CC1. The molecule has 1 saturated heterocycles. The fourth-order valence-corrected chi connectivity index (χ4v) is 4.78. The first-order valence-electron chi connectivity index (χ1n) is 9.85. The molecule has 138 valence electrons. The van der Waals surface area contributed by atoms with E-state index in [1.165, 1.54) is 32.2 Å². The Balaban J connectivity index is 1.28. The summed E-state index contributed by atoms with van der Waals surface area (Å²) in [4.78, 5) is 10.1. The number of nitrogens with zero attached hydrogens (tertiary/aromatic N) is 5. The Kier molecular flexibility index (Phi) is 4.13. The molecule has 1 saturated carbocycles. The average Bonchev–Trinajstić information content (AvgIpc) is 3.30. The molecule has 5 rings (SSSR count). The van der Waals surface area contributed by atoms with Gasteiger partial charge in [0.25, 0.3) is 0 Å². The van der Waals surface area contributed by atoms with Gasteiger partial charge in [-0.15, -0.1) is 5.10 Å². The molecule has 0 atom stereocenters. The van der Waals surface area contributed by atoms with Crippen LogP contribution in [0.25, 0.3) is 16.6 Å². The lowest BCUT2D eigenvalue weighted by Crippen LogP contribution is -2.39. The van der Waals surface area contributed by atoms with E-state index >= 15 is 0 Å². The third-order valence-electron chi connectivity index (χ3n) is 6.30. The van der Waals surface area contributed by atoms with Gasteiger partial charge in [-0.25, -0.2) is 9.50 Å². The van der Waals surface area contributed by atoms with E-state index in [0.29, 0.717) is 5.92 Å². The number of piperidine rings is 1. The largest absolute Gasteiger partial charge is 0.393 e. The molecule has 7 heteroatoms. The smallest absolute Gasteiger partial charge is 0.141 e. The summed E-state index contributed by atoms with van der Waals surface area (Å²) < 4.78 is 1.82. The molecular weight excluding hydrogens is 328 g/mol. The zero-order chi connectivity index (χ0) is 17.5. The molecule has 0 radical (unpaired) electrons. The van der Waals surface area contributed by atoms with Gasteiger partial charge in [-0.3, -0.25) is 0 Å². The van der Waals surface area contributed by atoms with Gasteiger partial charge < -0.3 is 15.0 Å². The molecular formula is C19H26N6O. The summed E-state index contributed by atoms with van der Waals surface area (Å²) in [6, 6.07) is 2.07. The van der Waals surface area contributed by atoms with Gasteiger partial charge in [0.05, 0.1) is 11.8 Å². The summed E-state index contributed by atoms with van der Waals surface area (Å²) in [6.07, 6.45) is 10.3. The second-order valence-electron chi connectivity index (χ2n) is 8.00. The zero-order valence-corrected chi connectivity index (χ0v) is 15.0. The fraction of sp³-hybridized carbons (Fsp3) is 0.632. The van der Waals surface area contributed by atoms with Gasteiger partial charge in [-0.1, -0.05) is 5.21 Å². The van der Waals surface area contributed by atoms with E-state index in [1.54, 1.807) is 6.33 Å². The molecule has 26 heavy (non-hydrogen) atoms. The quantitative estimate of drug-likeness (QED) is 0.754. The molecule has 4 heterocycles. The van der Waals surface area contributed by atoms with Crippen molar-refractivity contribution in [2.24, 2.45) is 5.92 Å². The molecule has 2 N–H and O–H groups in total. The van der Waals surface area contributed by atoms with Crippen LogP contribution in [-0.2, 0) is 0 Å². The van der Waals surface area contributed by atoms with Gasteiger partial charge in [-0.2, -0.15) is 0 Å². The molecule has 1 aliphatic heterocycles. The molecule has 0 spiro atoms. The maximum absolute atomic E-state index is 9.67. The summed E-state index contributed by atoms with van der Waals surface area (Å²) in [5.74, 6) is 1.27. The van der Waals surface area contributed by atoms with Crippen LogP contribution in [0.1, 0.15) is 50.1 Å². The van der Waals surface area contributed by atoms with Crippen LogP contribution in [0.15, 0.2) is 18.6 Å². The highest BCUT2D eigenvalue weighted by atomic mass is 16.3. The second-order valence-corrected chi connectivity index (χ2v) is 8.00. The van der Waals surface area contributed by atoms with Crippen LogP contribution >= 0.6 is 0 Å². The lowest BCUT2D eigenvalue weighted by molar-refractivity contribution is 0.0702. The number of aromatic nitrogens is 5. The predicted octanol–water partition coefficient (Wildman–Crippen LogP) is 2.34. The van der Waals surface area contributed by atoms with Crippen molar-refractivity contribution < 1.29 is 5.11 Å². The number of aliphatic hydroxyl groups is 1. The Hall–Kier alpha value is -1.99. The van der Waals surface area contributed by atoms with Crippen molar-refractivity contribution in [1.82, 2.24) is 29.7 Å². The number of aromatic amines is 1. The minimum absolute atomic E-state index is 0.0801. The number of H-pyrrole nitrogens is 1. The van der Waals surface area contributed by atoms with Crippen LogP contribution in [0.3, 0.4) is 0 Å². The van der Waals surface area contributed by atoms with Crippen molar-refractivity contribution >= 4 is 16.6 Å². The van der Waals surface area contributed by atoms with Crippen molar-refractivity contribution in [3.63, 3.8) is 0 Å². The van der Waals surface area contributed by atoms with Crippen LogP contribution in [0, 0.1) is 5.92 Å². The lowest BCUT2D eigenvalue weighted by atomic mass is 9.79. The number of hydrogen-bond acceptors (Lipinski definition) is 5. The summed E-state index contributed by atoms with van der Waals surface area (Å²) in [6.45, 7) is 3.29. The molecule has 7 nitrogen and oxygen atoms in total. The number of hydrogen-bond donors (Lipinski definition) is 2. The Labute approximate surface area is 152 Å². The van der Waals surface area contributed by atoms with E-state index in [4.69, 9.17) is 0 Å². The monoisotopic (exact) mass is 354 g/mol. The minimum Gasteiger partial charge on any atom is -0.393 e.